The van der Waals surface area contributed by atoms with E-state index in [2.05, 4.69) is 5.32 Å². The lowest BCUT2D eigenvalue weighted by molar-refractivity contribution is -0.125. The van der Waals surface area contributed by atoms with Crippen LogP contribution in [0.4, 0.5) is 0 Å². The lowest BCUT2D eigenvalue weighted by Gasteiger charge is -2.13. The van der Waals surface area contributed by atoms with Gasteiger partial charge in [-0.25, -0.2) is 0 Å². The summed E-state index contributed by atoms with van der Waals surface area (Å²) in [6.45, 7) is 6.73. The third kappa shape index (κ3) is 6.40. The molecule has 0 saturated carbocycles. The number of carbonyl (C=O) groups excluding carboxylic acids is 3. The molecule has 7 heteroatoms. The van der Waals surface area contributed by atoms with E-state index in [9.17, 15) is 14.4 Å². The molecule has 2 heterocycles. The molecule has 0 aliphatic carbocycles. The van der Waals surface area contributed by atoms with E-state index < -0.39 is 0 Å². The fourth-order valence-electron chi connectivity index (χ4n) is 3.53. The van der Waals surface area contributed by atoms with Crippen LogP contribution >= 0.6 is 11.3 Å². The average Bonchev–Trinajstić information content (AvgIpc) is 3.33. The molecule has 1 N–H and O–H groups in total. The first kappa shape index (κ1) is 23.0. The summed E-state index contributed by atoms with van der Waals surface area (Å²) >= 11 is 1.44. The van der Waals surface area contributed by atoms with Crippen LogP contribution in [0.15, 0.2) is 24.3 Å². The number of ketones is 2. The molecule has 0 fully saturated rings. The predicted molar refractivity (Wildman–Crippen MR) is 120 cm³/mol. The van der Waals surface area contributed by atoms with E-state index in [1.165, 1.54) is 11.3 Å². The van der Waals surface area contributed by atoms with Crippen molar-refractivity contribution in [2.75, 3.05) is 6.61 Å². The van der Waals surface area contributed by atoms with Crippen molar-refractivity contribution in [3.05, 3.63) is 45.1 Å². The molecule has 0 spiro atoms. The third-order valence-corrected chi connectivity index (χ3v) is 6.17. The number of carbonyl (C=O) groups is 3. The van der Waals surface area contributed by atoms with Crippen molar-refractivity contribution in [2.24, 2.45) is 0 Å². The van der Waals surface area contributed by atoms with Gasteiger partial charge in [-0.05, 0) is 45.0 Å². The van der Waals surface area contributed by atoms with Crippen molar-refractivity contribution in [1.29, 1.82) is 0 Å². The summed E-state index contributed by atoms with van der Waals surface area (Å²) in [7, 11) is 0. The van der Waals surface area contributed by atoms with Crippen LogP contribution in [0.1, 0.15) is 65.2 Å². The summed E-state index contributed by atoms with van der Waals surface area (Å²) in [4.78, 5) is 38.2. The second-order valence-corrected chi connectivity index (χ2v) is 9.07. The van der Waals surface area contributed by atoms with E-state index in [4.69, 9.17) is 9.47 Å². The minimum atomic E-state index is -0.203. The zero-order chi connectivity index (χ0) is 22.4. The molecule has 1 amide bonds. The average molecular weight is 444 g/mol. The Hall–Kier alpha value is -2.67. The molecule has 2 aromatic rings. The van der Waals surface area contributed by atoms with Crippen LogP contribution < -0.4 is 14.8 Å². The largest absolute Gasteiger partial charge is 0.494 e. The van der Waals surface area contributed by atoms with E-state index in [1.54, 1.807) is 6.07 Å². The van der Waals surface area contributed by atoms with E-state index >= 15 is 0 Å². The molecular weight excluding hydrogens is 414 g/mol. The number of benzene rings is 1. The van der Waals surface area contributed by atoms with Crippen LogP contribution in [0.3, 0.4) is 0 Å². The highest BCUT2D eigenvalue weighted by Gasteiger charge is 2.22. The SMILES string of the molecule is CCOc1cc2c(cc1CNC(=O)CCC(=O)CCC(=O)c1ccc(C)s1)OC(C)C2. The van der Waals surface area contributed by atoms with Crippen LogP contribution in [0.25, 0.3) is 0 Å². The first-order valence-electron chi connectivity index (χ1n) is 10.7. The van der Waals surface area contributed by atoms with Crippen LogP contribution in [-0.4, -0.2) is 30.2 Å². The molecule has 166 valence electrons. The molecule has 31 heavy (non-hydrogen) atoms. The zero-order valence-electron chi connectivity index (χ0n) is 18.3. The van der Waals surface area contributed by atoms with Gasteiger partial charge in [-0.15, -0.1) is 11.3 Å². The maximum absolute atomic E-state index is 12.2. The predicted octanol–water partition coefficient (Wildman–Crippen LogP) is 4.41. The molecule has 0 radical (unpaired) electrons. The van der Waals surface area contributed by atoms with Gasteiger partial charge < -0.3 is 14.8 Å². The standard InChI is InChI=1S/C24H29NO5S/c1-4-29-21-12-17-11-15(2)30-22(17)13-18(21)14-25-24(28)10-7-19(26)6-8-20(27)23-9-5-16(3)31-23/h5,9,12-13,15H,4,6-8,10-11,14H2,1-3H3,(H,25,28). The van der Waals surface area contributed by atoms with Gasteiger partial charge in [0.05, 0.1) is 11.5 Å². The van der Waals surface area contributed by atoms with Crippen molar-refractivity contribution < 1.29 is 23.9 Å². The number of thiophene rings is 1. The van der Waals surface area contributed by atoms with E-state index in [0.29, 0.717) is 18.0 Å². The first-order valence-corrected chi connectivity index (χ1v) is 11.5. The molecule has 1 unspecified atom stereocenters. The Bertz CT molecular complexity index is 965. The number of fused-ring (bicyclic) bond motifs is 1. The molecule has 1 aromatic carbocycles. The lowest BCUT2D eigenvalue weighted by atomic mass is 10.1. The van der Waals surface area contributed by atoms with Gasteiger partial charge in [-0.3, -0.25) is 14.4 Å². The summed E-state index contributed by atoms with van der Waals surface area (Å²) in [6, 6.07) is 7.60. The van der Waals surface area contributed by atoms with Crippen LogP contribution in [-0.2, 0) is 22.6 Å². The Balaban J connectivity index is 1.44. The number of hydrogen-bond donors (Lipinski definition) is 1. The Morgan fingerprint density at radius 2 is 1.94 bits per heavy atom. The summed E-state index contributed by atoms with van der Waals surface area (Å²) in [5, 5.41) is 2.86. The minimum Gasteiger partial charge on any atom is -0.494 e. The van der Waals surface area contributed by atoms with Crippen molar-refractivity contribution in [3.8, 4) is 11.5 Å². The Morgan fingerprint density at radius 1 is 1.16 bits per heavy atom. The van der Waals surface area contributed by atoms with Crippen molar-refractivity contribution >= 4 is 28.8 Å². The van der Waals surface area contributed by atoms with E-state index in [-0.39, 0.29) is 49.3 Å². The fourth-order valence-corrected chi connectivity index (χ4v) is 4.37. The Morgan fingerprint density at radius 3 is 2.65 bits per heavy atom. The summed E-state index contributed by atoms with van der Waals surface area (Å²) < 4.78 is 11.5. The number of hydrogen-bond acceptors (Lipinski definition) is 6. The smallest absolute Gasteiger partial charge is 0.220 e. The Labute approximate surface area is 186 Å². The van der Waals surface area contributed by atoms with Crippen molar-refractivity contribution in [3.63, 3.8) is 0 Å². The van der Waals surface area contributed by atoms with Crippen LogP contribution in [0.5, 0.6) is 11.5 Å². The summed E-state index contributed by atoms with van der Waals surface area (Å²) in [5.74, 6) is 1.28. The molecular formula is C24H29NO5S. The fraction of sp³-hybridized carbons (Fsp3) is 0.458. The highest BCUT2D eigenvalue weighted by Crippen LogP contribution is 2.35. The molecule has 1 atom stereocenters. The second-order valence-electron chi connectivity index (χ2n) is 7.78. The van der Waals surface area contributed by atoms with Gasteiger partial charge in [-0.1, -0.05) is 0 Å². The van der Waals surface area contributed by atoms with Crippen molar-refractivity contribution in [1.82, 2.24) is 5.32 Å². The minimum absolute atomic E-state index is 0.0208. The van der Waals surface area contributed by atoms with Gasteiger partial charge >= 0.3 is 0 Å². The summed E-state index contributed by atoms with van der Waals surface area (Å²) in [5.41, 5.74) is 1.97. The van der Waals surface area contributed by atoms with Crippen molar-refractivity contribution in [2.45, 2.75) is 65.5 Å². The van der Waals surface area contributed by atoms with Gasteiger partial charge in [0.1, 0.15) is 23.4 Å². The zero-order valence-corrected chi connectivity index (χ0v) is 19.1. The number of rotatable bonds is 11. The third-order valence-electron chi connectivity index (χ3n) is 5.13. The summed E-state index contributed by atoms with van der Waals surface area (Å²) in [6.07, 6.45) is 1.57. The first-order chi connectivity index (χ1) is 14.9. The molecule has 1 aromatic heterocycles. The Kier molecular flexibility index (Phi) is 7.85. The van der Waals surface area contributed by atoms with E-state index in [1.807, 2.05) is 39.0 Å². The molecule has 0 saturated heterocycles. The monoisotopic (exact) mass is 443 g/mol. The quantitative estimate of drug-likeness (QED) is 0.520. The molecule has 6 nitrogen and oxygen atoms in total. The molecule has 0 bridgehead atoms. The topological polar surface area (TPSA) is 81.7 Å². The number of ether oxygens (including phenoxy) is 2. The van der Waals surface area contributed by atoms with Crippen LogP contribution in [0, 0.1) is 6.92 Å². The maximum Gasteiger partial charge on any atom is 0.220 e. The molecule has 3 rings (SSSR count). The van der Waals surface area contributed by atoms with E-state index in [0.717, 1.165) is 33.9 Å². The van der Waals surface area contributed by atoms with Gasteiger partial charge in [0.2, 0.25) is 5.91 Å². The number of nitrogens with one attached hydrogen (secondary N) is 1. The highest BCUT2D eigenvalue weighted by atomic mass is 32.1. The number of amides is 1. The molecule has 1 aliphatic heterocycles. The number of aryl methyl sites for hydroxylation is 1. The van der Waals surface area contributed by atoms with Gasteiger partial charge in [0.25, 0.3) is 0 Å². The highest BCUT2D eigenvalue weighted by molar-refractivity contribution is 7.14. The van der Waals surface area contributed by atoms with Gasteiger partial charge in [0.15, 0.2) is 5.78 Å². The molecule has 1 aliphatic rings. The van der Waals surface area contributed by atoms with Crippen LogP contribution in [0.2, 0.25) is 0 Å². The van der Waals surface area contributed by atoms with Gasteiger partial charge in [0, 0.05) is 54.7 Å². The maximum atomic E-state index is 12.2. The second kappa shape index (κ2) is 10.6. The number of Topliss-reactive ketones (excluding diaryl/α,β-unsaturated/α-hetero) is 2. The lowest BCUT2D eigenvalue weighted by Crippen LogP contribution is -2.23. The normalized spacial score (nSPS) is 14.6. The van der Waals surface area contributed by atoms with Gasteiger partial charge in [-0.2, -0.15) is 0 Å².